The number of benzene rings is 1. The van der Waals surface area contributed by atoms with Crippen molar-refractivity contribution in [1.82, 2.24) is 0 Å². The van der Waals surface area contributed by atoms with E-state index in [4.69, 9.17) is 0 Å². The normalized spacial score (nSPS) is 23.0. The number of aryl methyl sites for hydroxylation is 1. The molecule has 1 aromatic carbocycles. The van der Waals surface area contributed by atoms with Crippen LogP contribution in [0.1, 0.15) is 64.9 Å². The predicted octanol–water partition coefficient (Wildman–Crippen LogP) is 6.11. The second-order valence-corrected chi connectivity index (χ2v) is 6.85. The molecule has 2 rings (SSSR count). The first kappa shape index (κ1) is 20.5. The van der Waals surface area contributed by atoms with Crippen LogP contribution in [0.4, 0.5) is 0 Å². The van der Waals surface area contributed by atoms with Crippen LogP contribution in [0.25, 0.3) is 0 Å². The van der Waals surface area contributed by atoms with E-state index < -0.39 is 5.60 Å². The van der Waals surface area contributed by atoms with Crippen LogP contribution >= 0.6 is 0 Å². The van der Waals surface area contributed by atoms with Crippen molar-refractivity contribution in [3.63, 3.8) is 0 Å². The summed E-state index contributed by atoms with van der Waals surface area (Å²) in [6.07, 6.45) is 9.55. The molecule has 0 radical (unpaired) electrons. The van der Waals surface area contributed by atoms with E-state index in [2.05, 4.69) is 32.9 Å². The highest BCUT2D eigenvalue weighted by atomic mass is 16.3. The summed E-state index contributed by atoms with van der Waals surface area (Å²) in [6, 6.07) is 10.3. The van der Waals surface area contributed by atoms with Crippen LogP contribution < -0.4 is 0 Å². The van der Waals surface area contributed by atoms with E-state index in [0.717, 1.165) is 44.1 Å². The van der Waals surface area contributed by atoms with Crippen molar-refractivity contribution in [2.45, 2.75) is 71.8 Å². The van der Waals surface area contributed by atoms with E-state index in [0.29, 0.717) is 5.76 Å². The Hall–Kier alpha value is -1.54. The van der Waals surface area contributed by atoms with Gasteiger partial charge in [0, 0.05) is 5.92 Å². The van der Waals surface area contributed by atoms with Crippen LogP contribution in [-0.2, 0) is 0 Å². The van der Waals surface area contributed by atoms with E-state index in [1.807, 2.05) is 37.3 Å². The van der Waals surface area contributed by atoms with Gasteiger partial charge < -0.3 is 10.2 Å². The number of aliphatic hydroxyl groups excluding tert-OH is 1. The number of rotatable bonds is 6. The third-order valence-corrected chi connectivity index (χ3v) is 4.68. The first-order valence-corrected chi connectivity index (χ1v) is 9.27. The van der Waals surface area contributed by atoms with Crippen molar-refractivity contribution >= 4 is 0 Å². The maximum atomic E-state index is 10.7. The van der Waals surface area contributed by atoms with Gasteiger partial charge in [-0.15, -0.1) is 0 Å². The van der Waals surface area contributed by atoms with Crippen LogP contribution in [-0.4, -0.2) is 15.8 Å². The summed E-state index contributed by atoms with van der Waals surface area (Å²) in [5.74, 6) is 0.276. The Balaban J connectivity index is 0.000000341. The summed E-state index contributed by atoms with van der Waals surface area (Å²) >= 11 is 0. The lowest BCUT2D eigenvalue weighted by atomic mass is 9.75. The number of aliphatic hydroxyl groups is 2. The van der Waals surface area contributed by atoms with E-state index in [9.17, 15) is 10.2 Å². The van der Waals surface area contributed by atoms with Crippen molar-refractivity contribution in [3.05, 3.63) is 59.4 Å². The zero-order valence-corrected chi connectivity index (χ0v) is 15.8. The van der Waals surface area contributed by atoms with Crippen molar-refractivity contribution in [2.75, 3.05) is 0 Å². The molecule has 2 atom stereocenters. The van der Waals surface area contributed by atoms with Gasteiger partial charge >= 0.3 is 0 Å². The lowest BCUT2D eigenvalue weighted by molar-refractivity contribution is 0.00888. The van der Waals surface area contributed by atoms with Gasteiger partial charge in [-0.25, -0.2) is 0 Å². The summed E-state index contributed by atoms with van der Waals surface area (Å²) in [5.41, 5.74) is 1.38. The highest BCUT2D eigenvalue weighted by Crippen LogP contribution is 2.38. The molecule has 2 nitrogen and oxygen atoms in total. The fraction of sp³-hybridized carbons (Fsp3) is 0.545. The van der Waals surface area contributed by atoms with Crippen molar-refractivity contribution < 1.29 is 10.2 Å². The van der Waals surface area contributed by atoms with E-state index >= 15 is 0 Å². The molecule has 0 bridgehead atoms. The molecule has 0 fully saturated rings. The van der Waals surface area contributed by atoms with E-state index in [-0.39, 0.29) is 5.92 Å². The molecule has 0 aliphatic heterocycles. The Morgan fingerprint density at radius 3 is 2.12 bits per heavy atom. The molecule has 0 spiro atoms. The molecule has 134 valence electrons. The number of unbranched alkanes of at least 4 members (excludes halogenated alkanes) is 2. The minimum Gasteiger partial charge on any atom is -0.512 e. The Bertz CT molecular complexity index is 530. The Morgan fingerprint density at radius 2 is 1.62 bits per heavy atom. The lowest BCUT2D eigenvalue weighted by Crippen LogP contribution is -2.39. The molecule has 1 aromatic rings. The molecule has 0 amide bonds. The second-order valence-electron chi connectivity index (χ2n) is 6.85. The maximum absolute atomic E-state index is 10.7. The van der Waals surface area contributed by atoms with Crippen molar-refractivity contribution in [1.29, 1.82) is 0 Å². The highest BCUT2D eigenvalue weighted by Gasteiger charge is 2.38. The SMILES string of the molecule is CCCCC1C(O)=C(C)C=CC1(O)CCCC.Cc1ccccc1. The van der Waals surface area contributed by atoms with Gasteiger partial charge in [-0.3, -0.25) is 0 Å². The number of hydrogen-bond donors (Lipinski definition) is 2. The maximum Gasteiger partial charge on any atom is 0.101 e. The first-order chi connectivity index (χ1) is 11.4. The van der Waals surface area contributed by atoms with Crippen molar-refractivity contribution in [3.8, 4) is 0 Å². The van der Waals surface area contributed by atoms with E-state index in [1.54, 1.807) is 0 Å². The lowest BCUT2D eigenvalue weighted by Gasteiger charge is -2.36. The summed E-state index contributed by atoms with van der Waals surface area (Å²) in [6.45, 7) is 8.25. The largest absolute Gasteiger partial charge is 0.512 e. The summed E-state index contributed by atoms with van der Waals surface area (Å²) in [4.78, 5) is 0. The molecule has 1 aliphatic rings. The Kier molecular flexibility index (Phi) is 8.84. The summed E-state index contributed by atoms with van der Waals surface area (Å²) < 4.78 is 0. The quantitative estimate of drug-likeness (QED) is 0.660. The fourth-order valence-corrected chi connectivity index (χ4v) is 3.03. The summed E-state index contributed by atoms with van der Waals surface area (Å²) in [7, 11) is 0. The van der Waals surface area contributed by atoms with E-state index in [1.165, 1.54) is 5.56 Å². The summed E-state index contributed by atoms with van der Waals surface area (Å²) in [5, 5.41) is 20.9. The standard InChI is InChI=1S/C15H26O2.C7H8/c1-4-6-8-13-14(16)12(3)9-11-15(13,17)10-7-5-2;1-7-5-3-2-4-6-7/h9,11,13,16-17H,4-8,10H2,1-3H3;2-6H,1H3. The molecule has 1 aliphatic carbocycles. The number of allylic oxidation sites excluding steroid dienone is 2. The average molecular weight is 331 g/mol. The van der Waals surface area contributed by atoms with Crippen LogP contribution in [0.3, 0.4) is 0 Å². The highest BCUT2D eigenvalue weighted by molar-refractivity contribution is 5.32. The van der Waals surface area contributed by atoms with Crippen molar-refractivity contribution in [2.24, 2.45) is 5.92 Å². The molecule has 0 heterocycles. The number of hydrogen-bond acceptors (Lipinski definition) is 2. The van der Waals surface area contributed by atoms with Gasteiger partial charge in [-0.05, 0) is 32.3 Å². The van der Waals surface area contributed by atoms with Gasteiger partial charge in [0.15, 0.2) is 0 Å². The van der Waals surface area contributed by atoms with Gasteiger partial charge in [-0.1, -0.05) is 87.6 Å². The molecule has 0 saturated heterocycles. The Morgan fingerprint density at radius 1 is 1.00 bits per heavy atom. The molecule has 2 heteroatoms. The molecule has 2 N–H and O–H groups in total. The molecular formula is C22H34O2. The minimum atomic E-state index is -0.839. The monoisotopic (exact) mass is 330 g/mol. The Labute approximate surface area is 147 Å². The topological polar surface area (TPSA) is 40.5 Å². The molecule has 24 heavy (non-hydrogen) atoms. The van der Waals surface area contributed by atoms with Crippen LogP contribution in [0, 0.1) is 12.8 Å². The van der Waals surface area contributed by atoms with Gasteiger partial charge in [0.25, 0.3) is 0 Å². The molecular weight excluding hydrogens is 296 g/mol. The third-order valence-electron chi connectivity index (χ3n) is 4.68. The molecule has 0 aromatic heterocycles. The van der Waals surface area contributed by atoms with Gasteiger partial charge in [0.2, 0.25) is 0 Å². The van der Waals surface area contributed by atoms with Gasteiger partial charge in [-0.2, -0.15) is 0 Å². The van der Waals surface area contributed by atoms with Crippen LogP contribution in [0.5, 0.6) is 0 Å². The van der Waals surface area contributed by atoms with Crippen LogP contribution in [0.15, 0.2) is 53.8 Å². The zero-order valence-electron chi connectivity index (χ0n) is 15.8. The fourth-order valence-electron chi connectivity index (χ4n) is 3.03. The first-order valence-electron chi connectivity index (χ1n) is 9.27. The molecule has 0 saturated carbocycles. The third kappa shape index (κ3) is 6.16. The minimum absolute atomic E-state index is 0.112. The predicted molar refractivity (Wildman–Crippen MR) is 103 cm³/mol. The van der Waals surface area contributed by atoms with Gasteiger partial charge in [0.05, 0.1) is 5.60 Å². The average Bonchev–Trinajstić information content (AvgIpc) is 2.58. The molecule has 2 unspecified atom stereocenters. The van der Waals surface area contributed by atoms with Gasteiger partial charge in [0.1, 0.15) is 5.76 Å². The second kappa shape index (κ2) is 10.4. The smallest absolute Gasteiger partial charge is 0.101 e. The zero-order chi connectivity index (χ0) is 18.0. The van der Waals surface area contributed by atoms with Crippen LogP contribution in [0.2, 0.25) is 0 Å².